The van der Waals surface area contributed by atoms with Gasteiger partial charge in [-0.25, -0.2) is 0 Å². The van der Waals surface area contributed by atoms with Gasteiger partial charge < -0.3 is 0 Å². The molecule has 0 atom stereocenters. The van der Waals surface area contributed by atoms with Crippen LogP contribution < -0.4 is 0 Å². The molecule has 0 aliphatic rings. The predicted molar refractivity (Wildman–Crippen MR) is 37.2 cm³/mol. The van der Waals surface area contributed by atoms with E-state index in [0.717, 1.165) is 0 Å². The van der Waals surface area contributed by atoms with Crippen molar-refractivity contribution >= 4 is 46.4 Å². The van der Waals surface area contributed by atoms with Crippen LogP contribution >= 0.6 is 46.4 Å². The maximum atomic E-state index is 4.83. The molecule has 0 saturated heterocycles. The Labute approximate surface area is 63.7 Å². The molecule has 0 bridgehead atoms. The van der Waals surface area contributed by atoms with Crippen molar-refractivity contribution in [1.82, 2.24) is 0 Å². The van der Waals surface area contributed by atoms with Gasteiger partial charge in [-0.3, -0.25) is 0 Å². The molecule has 0 heterocycles. The molecule has 0 N–H and O–H groups in total. The van der Waals surface area contributed by atoms with Crippen molar-refractivity contribution in [3.8, 4) is 0 Å². The molecule has 0 fully saturated rings. The third-order valence-electron chi connectivity index (χ3n) is 0. The largest absolute Gasteiger partial charge is 0.266 e. The lowest BCUT2D eigenvalue weighted by atomic mass is 11.0. The van der Waals surface area contributed by atoms with Crippen LogP contribution in [0, 0.1) is 6.92 Å². The van der Waals surface area contributed by atoms with Crippen molar-refractivity contribution in [2.45, 2.75) is 10.2 Å². The Kier molecular flexibility index (Phi) is 8.35. The second-order valence-electron chi connectivity index (χ2n) is 0.429. The summed E-state index contributed by atoms with van der Waals surface area (Å²) in [7, 11) is 0. The van der Waals surface area contributed by atoms with Gasteiger partial charge in [-0.2, -0.15) is 0 Å². The maximum Gasteiger partial charge on any atom is 0.266 e. The van der Waals surface area contributed by atoms with E-state index >= 15 is 0 Å². The van der Waals surface area contributed by atoms with E-state index in [1.807, 2.05) is 0 Å². The van der Waals surface area contributed by atoms with Crippen molar-refractivity contribution in [2.24, 2.45) is 0 Å². The van der Waals surface area contributed by atoms with E-state index in [2.05, 4.69) is 6.92 Å². The van der Waals surface area contributed by atoms with Crippen LogP contribution in [0.2, 0.25) is 0 Å². The van der Waals surface area contributed by atoms with Crippen LogP contribution in [0.25, 0.3) is 0 Å². The Bertz CT molecular complexity index is 22.4. The fourth-order valence-electron chi connectivity index (χ4n) is 0. The second-order valence-corrected chi connectivity index (χ2v) is 3.86. The fraction of sp³-hybridized carbons (Fsp3) is 0.667. The first kappa shape index (κ1) is 11.0. The summed E-state index contributed by atoms with van der Waals surface area (Å²) < 4.78 is -1.61. The van der Waals surface area contributed by atoms with E-state index < -0.39 is 3.25 Å². The molecule has 0 unspecified atom stereocenters. The molecular weight excluding hydrogens is 178 g/mol. The average molecular weight is 183 g/mol. The molecule has 0 saturated carbocycles. The summed E-state index contributed by atoms with van der Waals surface area (Å²) in [6.45, 7) is 5.00. The monoisotopic (exact) mass is 181 g/mol. The van der Waals surface area contributed by atoms with Crippen LogP contribution in [-0.4, -0.2) is 3.25 Å². The maximum absolute atomic E-state index is 4.83. The molecule has 0 aliphatic carbocycles. The molecule has 0 nitrogen and oxygen atoms in total. The third kappa shape index (κ3) is 142. The molecule has 45 valence electrons. The van der Waals surface area contributed by atoms with Gasteiger partial charge in [0.1, 0.15) is 0 Å². The second kappa shape index (κ2) is 5.30. The minimum Gasteiger partial charge on any atom is -0.0664 e. The van der Waals surface area contributed by atoms with E-state index in [1.54, 1.807) is 6.92 Å². The summed E-state index contributed by atoms with van der Waals surface area (Å²) in [5.74, 6) is 0. The molecule has 0 aromatic carbocycles. The van der Waals surface area contributed by atoms with Crippen LogP contribution in [0.3, 0.4) is 0 Å². The Hall–Kier alpha value is 1.16. The van der Waals surface area contributed by atoms with Crippen LogP contribution in [-0.2, 0) is 0 Å². The van der Waals surface area contributed by atoms with Gasteiger partial charge in [0.25, 0.3) is 3.25 Å². The van der Waals surface area contributed by atoms with Crippen molar-refractivity contribution in [3.05, 3.63) is 6.92 Å². The first-order valence-corrected chi connectivity index (χ1v) is 2.97. The minimum absolute atomic E-state index is 1.61. The fourth-order valence-corrected chi connectivity index (χ4v) is 0. The molecule has 0 aromatic rings. The standard InChI is InChI=1S/C2H5.CCl4/c1-2;2-1(3,4)5/h1H2,2H3;. The van der Waals surface area contributed by atoms with Crippen molar-refractivity contribution in [2.75, 3.05) is 0 Å². The van der Waals surface area contributed by atoms with E-state index in [1.165, 1.54) is 0 Å². The molecule has 1 radical (unpaired) electrons. The summed E-state index contributed by atoms with van der Waals surface area (Å²) >= 11 is 19.3. The Morgan fingerprint density at radius 2 is 1.00 bits per heavy atom. The topological polar surface area (TPSA) is 0 Å². The summed E-state index contributed by atoms with van der Waals surface area (Å²) in [6.07, 6.45) is 0. The van der Waals surface area contributed by atoms with Gasteiger partial charge in [0.05, 0.1) is 0 Å². The van der Waals surface area contributed by atoms with Gasteiger partial charge in [0.15, 0.2) is 0 Å². The lowest BCUT2D eigenvalue weighted by Gasteiger charge is -1.91. The SMILES string of the molecule is ClC(Cl)(Cl)Cl.[CH2]C. The quantitative estimate of drug-likeness (QED) is 0.504. The summed E-state index contributed by atoms with van der Waals surface area (Å²) in [4.78, 5) is 0. The zero-order chi connectivity index (χ0) is 6.50. The molecule has 4 heteroatoms. The highest BCUT2D eigenvalue weighted by Gasteiger charge is 2.11. The minimum atomic E-state index is -1.61. The Morgan fingerprint density at radius 3 is 1.00 bits per heavy atom. The number of hydrogen-bond donors (Lipinski definition) is 0. The first-order valence-electron chi connectivity index (χ1n) is 1.46. The first-order chi connectivity index (χ1) is 3.00. The molecule has 0 amide bonds. The smallest absolute Gasteiger partial charge is 0.0664 e. The van der Waals surface area contributed by atoms with Gasteiger partial charge in [0, 0.05) is 0 Å². The third-order valence-corrected chi connectivity index (χ3v) is 0. The number of rotatable bonds is 0. The molecular formula is C3H5Cl4. The molecule has 0 spiro atoms. The van der Waals surface area contributed by atoms with E-state index in [-0.39, 0.29) is 0 Å². The van der Waals surface area contributed by atoms with Crippen molar-refractivity contribution < 1.29 is 0 Å². The highest BCUT2D eigenvalue weighted by molar-refractivity contribution is 6.83. The Morgan fingerprint density at radius 1 is 1.00 bits per heavy atom. The summed E-state index contributed by atoms with van der Waals surface area (Å²) in [5, 5.41) is 0. The Balaban J connectivity index is 0. The summed E-state index contributed by atoms with van der Waals surface area (Å²) in [5.41, 5.74) is 0. The number of alkyl halides is 4. The molecule has 7 heavy (non-hydrogen) atoms. The van der Waals surface area contributed by atoms with Crippen LogP contribution in [0.1, 0.15) is 6.92 Å². The van der Waals surface area contributed by atoms with Gasteiger partial charge in [0.2, 0.25) is 0 Å². The van der Waals surface area contributed by atoms with Crippen molar-refractivity contribution in [1.29, 1.82) is 0 Å². The zero-order valence-corrected chi connectivity index (χ0v) is 6.74. The van der Waals surface area contributed by atoms with Gasteiger partial charge in [-0.1, -0.05) is 60.3 Å². The van der Waals surface area contributed by atoms with E-state index in [0.29, 0.717) is 0 Å². The van der Waals surface area contributed by atoms with Gasteiger partial charge in [-0.15, -0.1) is 0 Å². The lowest BCUT2D eigenvalue weighted by molar-refractivity contribution is 1.76. The van der Waals surface area contributed by atoms with Crippen molar-refractivity contribution in [3.63, 3.8) is 0 Å². The van der Waals surface area contributed by atoms with Gasteiger partial charge in [-0.05, 0) is 0 Å². The van der Waals surface area contributed by atoms with E-state index in [9.17, 15) is 0 Å². The lowest BCUT2D eigenvalue weighted by Crippen LogP contribution is -1.81. The molecule has 0 aromatic heterocycles. The van der Waals surface area contributed by atoms with Crippen LogP contribution in [0.5, 0.6) is 0 Å². The summed E-state index contributed by atoms with van der Waals surface area (Å²) in [6, 6.07) is 0. The number of hydrogen-bond acceptors (Lipinski definition) is 0. The average Bonchev–Trinajstić information content (AvgIpc) is 1.36. The zero-order valence-electron chi connectivity index (χ0n) is 3.72. The predicted octanol–water partition coefficient (Wildman–Crippen LogP) is 3.39. The normalized spacial score (nSPS) is 9.43. The highest BCUT2D eigenvalue weighted by atomic mass is 35.6. The molecule has 0 aliphatic heterocycles. The number of halogens is 4. The van der Waals surface area contributed by atoms with Gasteiger partial charge >= 0.3 is 0 Å². The van der Waals surface area contributed by atoms with Crippen LogP contribution in [0.15, 0.2) is 0 Å². The molecule has 0 rings (SSSR count). The van der Waals surface area contributed by atoms with Crippen LogP contribution in [0.4, 0.5) is 0 Å². The highest BCUT2D eigenvalue weighted by Crippen LogP contribution is 2.29. The van der Waals surface area contributed by atoms with E-state index in [4.69, 9.17) is 46.4 Å².